The van der Waals surface area contributed by atoms with Gasteiger partial charge in [0.2, 0.25) is 6.79 Å². The first-order chi connectivity index (χ1) is 14.3. The molecule has 0 amide bonds. The Labute approximate surface area is 173 Å². The van der Waals surface area contributed by atoms with Crippen molar-refractivity contribution in [1.82, 2.24) is 4.90 Å². The number of benzene rings is 2. The summed E-state index contributed by atoms with van der Waals surface area (Å²) in [4.78, 5) is 2.75. The van der Waals surface area contributed by atoms with Crippen molar-refractivity contribution in [3.63, 3.8) is 0 Å². The van der Waals surface area contributed by atoms with Gasteiger partial charge >= 0.3 is 0 Å². The van der Waals surface area contributed by atoms with Crippen LogP contribution in [0.3, 0.4) is 0 Å². The molecule has 0 radical (unpaired) electrons. The van der Waals surface area contributed by atoms with E-state index >= 15 is 0 Å². The topological polar surface area (TPSA) is 30.9 Å². The van der Waals surface area contributed by atoms with Gasteiger partial charge in [-0.05, 0) is 85.6 Å². The van der Waals surface area contributed by atoms with E-state index in [1.165, 1.54) is 69.2 Å². The molecule has 1 saturated heterocycles. The van der Waals surface area contributed by atoms with E-state index in [0.717, 1.165) is 28.9 Å². The first-order valence-corrected chi connectivity index (χ1v) is 11.1. The Bertz CT molecular complexity index is 851. The maximum atomic E-state index is 5.75. The van der Waals surface area contributed by atoms with Gasteiger partial charge in [-0.15, -0.1) is 0 Å². The molecule has 0 unspecified atom stereocenters. The number of fused-ring (bicyclic) bond motifs is 1. The fraction of sp³-hybridized carbons (Fsp3) is 0.520. The van der Waals surface area contributed by atoms with Gasteiger partial charge in [-0.25, -0.2) is 0 Å². The van der Waals surface area contributed by atoms with Crippen LogP contribution in [0.4, 0.5) is 0 Å². The van der Waals surface area contributed by atoms with E-state index in [1.54, 1.807) is 7.11 Å². The van der Waals surface area contributed by atoms with E-state index in [-0.39, 0.29) is 0 Å². The summed E-state index contributed by atoms with van der Waals surface area (Å²) < 4.78 is 16.8. The number of likely N-dealkylation sites (tertiary alicyclic amines) is 1. The van der Waals surface area contributed by atoms with Crippen molar-refractivity contribution in [2.45, 2.75) is 56.9 Å². The Morgan fingerprint density at radius 2 is 1.55 bits per heavy atom. The molecule has 0 atom stereocenters. The highest BCUT2D eigenvalue weighted by Crippen LogP contribution is 2.40. The highest BCUT2D eigenvalue weighted by molar-refractivity contribution is 5.69. The van der Waals surface area contributed by atoms with E-state index in [1.807, 2.05) is 6.07 Å². The Hall–Kier alpha value is -2.20. The molecule has 0 bridgehead atoms. The summed E-state index contributed by atoms with van der Waals surface area (Å²) >= 11 is 0. The van der Waals surface area contributed by atoms with Crippen molar-refractivity contribution in [2.75, 3.05) is 27.0 Å². The number of nitrogens with zero attached hydrogens (tertiary/aromatic N) is 1. The standard InChI is InChI=1S/C25H31NO3/c1-27-23-9-7-19(20-8-10-24-25(16-20)29-17-28-24)15-22(23)18-11-13-26(14-12-18)21-5-3-2-4-6-21/h7-10,15-16,18,21H,2-6,11-14,17H2,1H3. The lowest BCUT2D eigenvalue weighted by Gasteiger charge is -2.39. The summed E-state index contributed by atoms with van der Waals surface area (Å²) in [5.74, 6) is 3.25. The van der Waals surface area contributed by atoms with Gasteiger partial charge in [-0.3, -0.25) is 0 Å². The highest BCUT2D eigenvalue weighted by atomic mass is 16.7. The monoisotopic (exact) mass is 393 g/mol. The molecular weight excluding hydrogens is 362 g/mol. The highest BCUT2D eigenvalue weighted by Gasteiger charge is 2.28. The van der Waals surface area contributed by atoms with Crippen LogP contribution in [0.15, 0.2) is 36.4 Å². The molecule has 0 N–H and O–H groups in total. The molecule has 2 aromatic rings. The molecular formula is C25H31NO3. The zero-order valence-corrected chi connectivity index (χ0v) is 17.4. The van der Waals surface area contributed by atoms with Crippen molar-refractivity contribution in [3.8, 4) is 28.4 Å². The van der Waals surface area contributed by atoms with Gasteiger partial charge in [0.15, 0.2) is 11.5 Å². The molecule has 4 heteroatoms. The van der Waals surface area contributed by atoms with Crippen molar-refractivity contribution in [1.29, 1.82) is 0 Å². The van der Waals surface area contributed by atoms with Crippen LogP contribution in [-0.4, -0.2) is 37.9 Å². The van der Waals surface area contributed by atoms with Crippen LogP contribution in [0.1, 0.15) is 56.4 Å². The number of ether oxygens (including phenoxy) is 3. The van der Waals surface area contributed by atoms with Crippen molar-refractivity contribution >= 4 is 0 Å². The molecule has 29 heavy (non-hydrogen) atoms. The van der Waals surface area contributed by atoms with E-state index in [4.69, 9.17) is 14.2 Å². The van der Waals surface area contributed by atoms with Crippen LogP contribution in [-0.2, 0) is 0 Å². The predicted octanol–water partition coefficient (Wildman–Crippen LogP) is 5.60. The lowest BCUT2D eigenvalue weighted by molar-refractivity contribution is 0.121. The molecule has 5 rings (SSSR count). The number of hydrogen-bond acceptors (Lipinski definition) is 4. The summed E-state index contributed by atoms with van der Waals surface area (Å²) in [5, 5.41) is 0. The van der Waals surface area contributed by atoms with Crippen molar-refractivity contribution in [3.05, 3.63) is 42.0 Å². The van der Waals surface area contributed by atoms with E-state index < -0.39 is 0 Å². The Kier molecular flexibility index (Phi) is 5.36. The maximum Gasteiger partial charge on any atom is 0.231 e. The normalized spacial score (nSPS) is 20.7. The zero-order chi connectivity index (χ0) is 19.6. The van der Waals surface area contributed by atoms with Crippen LogP contribution in [0.5, 0.6) is 17.2 Å². The number of piperidine rings is 1. The molecule has 1 aliphatic carbocycles. The van der Waals surface area contributed by atoms with Gasteiger partial charge in [0.25, 0.3) is 0 Å². The third kappa shape index (κ3) is 3.83. The molecule has 0 aromatic heterocycles. The lowest BCUT2D eigenvalue weighted by atomic mass is 9.85. The minimum atomic E-state index is 0.312. The quantitative estimate of drug-likeness (QED) is 0.676. The van der Waals surface area contributed by atoms with Crippen LogP contribution in [0.25, 0.3) is 11.1 Å². The van der Waals surface area contributed by atoms with E-state index in [9.17, 15) is 0 Å². The first kappa shape index (κ1) is 18.8. The van der Waals surface area contributed by atoms with Crippen LogP contribution < -0.4 is 14.2 Å². The van der Waals surface area contributed by atoms with Crippen molar-refractivity contribution < 1.29 is 14.2 Å². The molecule has 2 aromatic carbocycles. The summed E-state index contributed by atoms with van der Waals surface area (Å²) in [6.07, 6.45) is 9.49. The molecule has 0 spiro atoms. The molecule has 1 saturated carbocycles. The molecule has 154 valence electrons. The van der Waals surface area contributed by atoms with Crippen LogP contribution >= 0.6 is 0 Å². The van der Waals surface area contributed by atoms with Crippen LogP contribution in [0, 0.1) is 0 Å². The summed E-state index contributed by atoms with van der Waals surface area (Å²) in [6, 6.07) is 13.6. The third-order valence-corrected chi connectivity index (χ3v) is 7.00. The fourth-order valence-corrected chi connectivity index (χ4v) is 5.33. The smallest absolute Gasteiger partial charge is 0.231 e. The van der Waals surface area contributed by atoms with Gasteiger partial charge < -0.3 is 19.1 Å². The van der Waals surface area contributed by atoms with Gasteiger partial charge in [-0.1, -0.05) is 31.4 Å². The first-order valence-electron chi connectivity index (χ1n) is 11.1. The average Bonchev–Trinajstić information content (AvgIpc) is 3.27. The molecule has 2 fully saturated rings. The van der Waals surface area contributed by atoms with Gasteiger partial charge in [0.05, 0.1) is 7.11 Å². The second-order valence-electron chi connectivity index (χ2n) is 8.63. The summed E-state index contributed by atoms with van der Waals surface area (Å²) in [6.45, 7) is 2.74. The fourth-order valence-electron chi connectivity index (χ4n) is 5.33. The summed E-state index contributed by atoms with van der Waals surface area (Å²) in [7, 11) is 1.79. The third-order valence-electron chi connectivity index (χ3n) is 7.00. The van der Waals surface area contributed by atoms with E-state index in [2.05, 4.69) is 35.2 Å². The molecule has 4 nitrogen and oxygen atoms in total. The van der Waals surface area contributed by atoms with Gasteiger partial charge in [0.1, 0.15) is 5.75 Å². The number of rotatable bonds is 4. The van der Waals surface area contributed by atoms with Gasteiger partial charge in [0, 0.05) is 6.04 Å². The lowest BCUT2D eigenvalue weighted by Crippen LogP contribution is -2.41. The number of hydrogen-bond donors (Lipinski definition) is 0. The van der Waals surface area contributed by atoms with Crippen molar-refractivity contribution in [2.24, 2.45) is 0 Å². The molecule has 2 heterocycles. The Morgan fingerprint density at radius 3 is 2.34 bits per heavy atom. The Balaban J connectivity index is 1.35. The SMILES string of the molecule is COc1ccc(-c2ccc3c(c2)OCO3)cc1C1CCN(C2CCCCC2)CC1. The average molecular weight is 394 g/mol. The molecule has 3 aliphatic rings. The van der Waals surface area contributed by atoms with Crippen LogP contribution in [0.2, 0.25) is 0 Å². The minimum Gasteiger partial charge on any atom is -0.496 e. The molecule has 2 aliphatic heterocycles. The Morgan fingerprint density at radius 1 is 0.828 bits per heavy atom. The number of methoxy groups -OCH3 is 1. The van der Waals surface area contributed by atoms with Gasteiger partial charge in [-0.2, -0.15) is 0 Å². The largest absolute Gasteiger partial charge is 0.496 e. The zero-order valence-electron chi connectivity index (χ0n) is 17.4. The second kappa shape index (κ2) is 8.27. The second-order valence-corrected chi connectivity index (χ2v) is 8.63. The minimum absolute atomic E-state index is 0.312. The maximum absolute atomic E-state index is 5.75. The van der Waals surface area contributed by atoms with E-state index in [0.29, 0.717) is 12.7 Å². The predicted molar refractivity (Wildman–Crippen MR) is 115 cm³/mol. The summed E-state index contributed by atoms with van der Waals surface area (Å²) in [5.41, 5.74) is 3.73.